The van der Waals surface area contributed by atoms with Crippen LogP contribution in [0.5, 0.6) is 0 Å². The SMILES string of the molecule is O=C(NC1CCN(C(=O)c2ccccc2F)CC1)C(Cl)Cl. The molecule has 0 atom stereocenters. The molecule has 2 amide bonds. The Morgan fingerprint density at radius 3 is 2.43 bits per heavy atom. The molecule has 7 heteroatoms. The lowest BCUT2D eigenvalue weighted by atomic mass is 10.0. The lowest BCUT2D eigenvalue weighted by molar-refractivity contribution is -0.120. The van der Waals surface area contributed by atoms with E-state index in [9.17, 15) is 14.0 Å². The van der Waals surface area contributed by atoms with Crippen LogP contribution in [-0.4, -0.2) is 40.7 Å². The first-order chi connectivity index (χ1) is 9.99. The van der Waals surface area contributed by atoms with Crippen LogP contribution in [0, 0.1) is 5.82 Å². The van der Waals surface area contributed by atoms with Gasteiger partial charge in [-0.05, 0) is 25.0 Å². The van der Waals surface area contributed by atoms with Gasteiger partial charge < -0.3 is 10.2 Å². The summed E-state index contributed by atoms with van der Waals surface area (Å²) in [4.78, 5) is 24.1. The average molecular weight is 333 g/mol. The highest BCUT2D eigenvalue weighted by Crippen LogP contribution is 2.16. The Balaban J connectivity index is 1.91. The maximum Gasteiger partial charge on any atom is 0.256 e. The molecule has 1 N–H and O–H groups in total. The van der Waals surface area contributed by atoms with Gasteiger partial charge in [0.25, 0.3) is 11.8 Å². The summed E-state index contributed by atoms with van der Waals surface area (Å²) in [6, 6.07) is 5.84. The van der Waals surface area contributed by atoms with Crippen LogP contribution in [-0.2, 0) is 4.79 Å². The number of rotatable bonds is 3. The van der Waals surface area contributed by atoms with Crippen molar-refractivity contribution >= 4 is 35.0 Å². The van der Waals surface area contributed by atoms with Gasteiger partial charge in [-0.25, -0.2) is 4.39 Å². The van der Waals surface area contributed by atoms with E-state index in [0.29, 0.717) is 25.9 Å². The van der Waals surface area contributed by atoms with Crippen LogP contribution in [0.2, 0.25) is 0 Å². The van der Waals surface area contributed by atoms with Gasteiger partial charge in [0.2, 0.25) is 0 Å². The van der Waals surface area contributed by atoms with E-state index >= 15 is 0 Å². The Bertz CT molecular complexity index is 531. The normalized spacial score (nSPS) is 16.1. The summed E-state index contributed by atoms with van der Waals surface area (Å²) < 4.78 is 13.6. The van der Waals surface area contributed by atoms with Gasteiger partial charge in [-0.1, -0.05) is 35.3 Å². The number of alkyl halides is 2. The van der Waals surface area contributed by atoms with E-state index in [0.717, 1.165) is 0 Å². The topological polar surface area (TPSA) is 49.4 Å². The van der Waals surface area contributed by atoms with Crippen LogP contribution < -0.4 is 5.32 Å². The summed E-state index contributed by atoms with van der Waals surface area (Å²) in [6.45, 7) is 0.903. The van der Waals surface area contributed by atoms with Crippen molar-refractivity contribution in [3.05, 3.63) is 35.6 Å². The second kappa shape index (κ2) is 7.09. The molecule has 0 aromatic heterocycles. The number of likely N-dealkylation sites (tertiary alicyclic amines) is 1. The van der Waals surface area contributed by atoms with E-state index in [1.54, 1.807) is 17.0 Å². The van der Waals surface area contributed by atoms with E-state index in [1.165, 1.54) is 12.1 Å². The van der Waals surface area contributed by atoms with Crippen molar-refractivity contribution in [2.45, 2.75) is 23.7 Å². The molecule has 2 rings (SSSR count). The Hall–Kier alpha value is -1.33. The predicted molar refractivity (Wildman–Crippen MR) is 79.0 cm³/mol. The lowest BCUT2D eigenvalue weighted by Gasteiger charge is -2.32. The minimum absolute atomic E-state index is 0.0674. The van der Waals surface area contributed by atoms with E-state index in [1.807, 2.05) is 0 Å². The number of carbonyl (C=O) groups excluding carboxylic acids is 2. The molecule has 0 saturated carbocycles. The van der Waals surface area contributed by atoms with Crippen LogP contribution in [0.4, 0.5) is 4.39 Å². The van der Waals surface area contributed by atoms with Gasteiger partial charge in [0.1, 0.15) is 5.82 Å². The fourth-order valence-corrected chi connectivity index (χ4v) is 2.42. The highest BCUT2D eigenvalue weighted by Gasteiger charge is 2.26. The lowest BCUT2D eigenvalue weighted by Crippen LogP contribution is -2.47. The van der Waals surface area contributed by atoms with Crippen molar-refractivity contribution in [1.29, 1.82) is 0 Å². The number of nitrogens with zero attached hydrogens (tertiary/aromatic N) is 1. The molecule has 1 saturated heterocycles. The van der Waals surface area contributed by atoms with Crippen LogP contribution in [0.3, 0.4) is 0 Å². The summed E-state index contributed by atoms with van der Waals surface area (Å²) in [5.74, 6) is -1.28. The highest BCUT2D eigenvalue weighted by atomic mass is 35.5. The molecule has 0 bridgehead atoms. The van der Waals surface area contributed by atoms with Crippen molar-refractivity contribution in [2.75, 3.05) is 13.1 Å². The van der Waals surface area contributed by atoms with Gasteiger partial charge in [-0.15, -0.1) is 0 Å². The minimum Gasteiger partial charge on any atom is -0.351 e. The molecule has 1 fully saturated rings. The molecule has 1 aliphatic rings. The van der Waals surface area contributed by atoms with E-state index in [2.05, 4.69) is 5.32 Å². The van der Waals surface area contributed by atoms with E-state index < -0.39 is 16.6 Å². The maximum absolute atomic E-state index is 13.6. The molecule has 0 spiro atoms. The Morgan fingerprint density at radius 1 is 1.24 bits per heavy atom. The van der Waals surface area contributed by atoms with Crippen molar-refractivity contribution in [1.82, 2.24) is 10.2 Å². The monoisotopic (exact) mass is 332 g/mol. The van der Waals surface area contributed by atoms with Crippen molar-refractivity contribution in [3.63, 3.8) is 0 Å². The van der Waals surface area contributed by atoms with E-state index in [4.69, 9.17) is 23.2 Å². The van der Waals surface area contributed by atoms with Crippen molar-refractivity contribution in [2.24, 2.45) is 0 Å². The molecule has 114 valence electrons. The van der Waals surface area contributed by atoms with Crippen LogP contribution >= 0.6 is 23.2 Å². The largest absolute Gasteiger partial charge is 0.351 e. The number of amides is 2. The molecule has 0 aliphatic carbocycles. The number of carbonyl (C=O) groups is 2. The third kappa shape index (κ3) is 4.08. The first kappa shape index (κ1) is 16.0. The molecule has 1 aliphatic heterocycles. The smallest absolute Gasteiger partial charge is 0.256 e. The zero-order chi connectivity index (χ0) is 15.4. The van der Waals surface area contributed by atoms with Crippen LogP contribution in [0.15, 0.2) is 24.3 Å². The summed E-state index contributed by atoms with van der Waals surface area (Å²) in [5.41, 5.74) is 0.0709. The fourth-order valence-electron chi connectivity index (χ4n) is 2.30. The van der Waals surface area contributed by atoms with Crippen molar-refractivity contribution in [3.8, 4) is 0 Å². The number of halogens is 3. The van der Waals surface area contributed by atoms with Crippen molar-refractivity contribution < 1.29 is 14.0 Å². The van der Waals surface area contributed by atoms with Crippen LogP contribution in [0.1, 0.15) is 23.2 Å². The molecule has 0 unspecified atom stereocenters. The number of nitrogens with one attached hydrogen (secondary N) is 1. The predicted octanol–water partition coefficient (Wildman–Crippen LogP) is 2.35. The zero-order valence-corrected chi connectivity index (χ0v) is 12.7. The summed E-state index contributed by atoms with van der Waals surface area (Å²) in [6.07, 6.45) is 1.18. The highest BCUT2D eigenvalue weighted by molar-refractivity contribution is 6.53. The molecule has 4 nitrogen and oxygen atoms in total. The average Bonchev–Trinajstić information content (AvgIpc) is 2.47. The van der Waals surface area contributed by atoms with Gasteiger partial charge in [-0.2, -0.15) is 0 Å². The zero-order valence-electron chi connectivity index (χ0n) is 11.2. The standard InChI is InChI=1S/C14H15Cl2FN2O2/c15-12(16)13(20)18-9-5-7-19(8-6-9)14(21)10-3-1-2-4-11(10)17/h1-4,9,12H,5-8H2,(H,18,20). The molecule has 0 radical (unpaired) electrons. The Kier molecular flexibility index (Phi) is 5.42. The third-order valence-corrected chi connectivity index (χ3v) is 3.83. The molecule has 1 heterocycles. The molecule has 21 heavy (non-hydrogen) atoms. The number of piperidine rings is 1. The summed E-state index contributed by atoms with van der Waals surface area (Å²) in [7, 11) is 0. The first-order valence-electron chi connectivity index (χ1n) is 6.61. The van der Waals surface area contributed by atoms with Gasteiger partial charge in [0.15, 0.2) is 4.84 Å². The first-order valence-corrected chi connectivity index (χ1v) is 7.48. The Labute approximate surface area is 132 Å². The maximum atomic E-state index is 13.6. The minimum atomic E-state index is -1.09. The number of benzene rings is 1. The Morgan fingerprint density at radius 2 is 1.86 bits per heavy atom. The summed E-state index contributed by atoms with van der Waals surface area (Å²) in [5, 5.41) is 2.71. The number of hydrogen-bond acceptors (Lipinski definition) is 2. The quantitative estimate of drug-likeness (QED) is 0.864. The summed E-state index contributed by atoms with van der Waals surface area (Å²) >= 11 is 10.9. The van der Waals surface area contributed by atoms with Gasteiger partial charge in [0.05, 0.1) is 5.56 Å². The molecule has 1 aromatic rings. The van der Waals surface area contributed by atoms with E-state index in [-0.39, 0.29) is 17.5 Å². The second-order valence-corrected chi connectivity index (χ2v) is 5.95. The van der Waals surface area contributed by atoms with Gasteiger partial charge >= 0.3 is 0 Å². The van der Waals surface area contributed by atoms with Gasteiger partial charge in [0, 0.05) is 19.1 Å². The number of hydrogen-bond donors (Lipinski definition) is 1. The molecule has 1 aromatic carbocycles. The molecular formula is C14H15Cl2FN2O2. The van der Waals surface area contributed by atoms with Crippen LogP contribution in [0.25, 0.3) is 0 Å². The third-order valence-electron chi connectivity index (χ3n) is 3.43. The fraction of sp³-hybridized carbons (Fsp3) is 0.429. The second-order valence-electron chi connectivity index (χ2n) is 4.86. The van der Waals surface area contributed by atoms with Gasteiger partial charge in [-0.3, -0.25) is 9.59 Å². The molecular weight excluding hydrogens is 318 g/mol.